The molecule has 0 aliphatic carbocycles. The van der Waals surface area contributed by atoms with Gasteiger partial charge in [0, 0.05) is 19.5 Å². The lowest BCUT2D eigenvalue weighted by Gasteiger charge is -2.34. The maximum Gasteiger partial charge on any atom is 0.332 e. The molecule has 21 heavy (non-hydrogen) atoms. The van der Waals surface area contributed by atoms with E-state index in [-0.39, 0.29) is 19.6 Å². The Hall–Kier alpha value is -1.83. The number of carboxylic acids is 1. The third-order valence-corrected chi connectivity index (χ3v) is 3.30. The first-order valence-electron chi connectivity index (χ1n) is 7.09. The number of urea groups is 1. The number of nitrogens with zero attached hydrogens (tertiary/aromatic N) is 1. The van der Waals surface area contributed by atoms with E-state index in [2.05, 4.69) is 5.32 Å². The SMILES string of the molecule is CCOC(=O)C1CCCCN1C(=O)NCCC(O)C(=O)O. The summed E-state index contributed by atoms with van der Waals surface area (Å²) in [6.45, 7) is 2.45. The molecule has 8 heteroatoms. The molecule has 8 nitrogen and oxygen atoms in total. The number of aliphatic hydroxyl groups is 1. The Balaban J connectivity index is 2.49. The van der Waals surface area contributed by atoms with Crippen molar-refractivity contribution in [1.82, 2.24) is 10.2 Å². The van der Waals surface area contributed by atoms with E-state index in [1.807, 2.05) is 0 Å². The van der Waals surface area contributed by atoms with Gasteiger partial charge in [-0.05, 0) is 26.2 Å². The highest BCUT2D eigenvalue weighted by Crippen LogP contribution is 2.18. The van der Waals surface area contributed by atoms with Crippen LogP contribution in [0.25, 0.3) is 0 Å². The maximum absolute atomic E-state index is 12.0. The van der Waals surface area contributed by atoms with Crippen molar-refractivity contribution in [1.29, 1.82) is 0 Å². The van der Waals surface area contributed by atoms with Crippen LogP contribution in [0.3, 0.4) is 0 Å². The number of aliphatic hydroxyl groups excluding tert-OH is 1. The Morgan fingerprint density at radius 2 is 2.10 bits per heavy atom. The molecule has 0 spiro atoms. The molecule has 2 atom stereocenters. The van der Waals surface area contributed by atoms with Crippen LogP contribution >= 0.6 is 0 Å². The van der Waals surface area contributed by atoms with Crippen molar-refractivity contribution in [3.63, 3.8) is 0 Å². The molecule has 0 saturated carbocycles. The second-order valence-electron chi connectivity index (χ2n) is 4.83. The van der Waals surface area contributed by atoms with Gasteiger partial charge in [0.25, 0.3) is 0 Å². The van der Waals surface area contributed by atoms with Gasteiger partial charge in [-0.2, -0.15) is 0 Å². The average Bonchev–Trinajstić information content (AvgIpc) is 2.47. The zero-order valence-electron chi connectivity index (χ0n) is 12.1. The van der Waals surface area contributed by atoms with Gasteiger partial charge in [-0.3, -0.25) is 0 Å². The van der Waals surface area contributed by atoms with Crippen LogP contribution in [0.5, 0.6) is 0 Å². The van der Waals surface area contributed by atoms with Crippen LogP contribution in [0, 0.1) is 0 Å². The molecule has 1 rings (SSSR count). The van der Waals surface area contributed by atoms with E-state index in [9.17, 15) is 14.4 Å². The van der Waals surface area contributed by atoms with Crippen LogP contribution < -0.4 is 5.32 Å². The first-order chi connectivity index (χ1) is 9.97. The van der Waals surface area contributed by atoms with Gasteiger partial charge in [0.1, 0.15) is 6.04 Å². The van der Waals surface area contributed by atoms with Crippen molar-refractivity contribution in [3.05, 3.63) is 0 Å². The van der Waals surface area contributed by atoms with Crippen molar-refractivity contribution in [3.8, 4) is 0 Å². The second kappa shape index (κ2) is 8.46. The number of carbonyl (C=O) groups excluding carboxylic acids is 2. The Morgan fingerprint density at radius 3 is 2.71 bits per heavy atom. The summed E-state index contributed by atoms with van der Waals surface area (Å²) in [7, 11) is 0. The summed E-state index contributed by atoms with van der Waals surface area (Å²) in [5.74, 6) is -1.75. The predicted molar refractivity (Wildman–Crippen MR) is 72.6 cm³/mol. The molecule has 0 aromatic heterocycles. The fourth-order valence-electron chi connectivity index (χ4n) is 2.20. The number of nitrogens with one attached hydrogen (secondary N) is 1. The summed E-state index contributed by atoms with van der Waals surface area (Å²) in [6.07, 6.45) is 0.627. The van der Waals surface area contributed by atoms with Gasteiger partial charge in [0.05, 0.1) is 6.61 Å². The van der Waals surface area contributed by atoms with Crippen LogP contribution in [0.2, 0.25) is 0 Å². The minimum Gasteiger partial charge on any atom is -0.479 e. The van der Waals surface area contributed by atoms with Gasteiger partial charge < -0.3 is 25.2 Å². The van der Waals surface area contributed by atoms with Crippen molar-refractivity contribution in [2.75, 3.05) is 19.7 Å². The number of ether oxygens (including phenoxy) is 1. The third-order valence-electron chi connectivity index (χ3n) is 3.30. The van der Waals surface area contributed by atoms with Gasteiger partial charge in [-0.1, -0.05) is 0 Å². The van der Waals surface area contributed by atoms with Crippen LogP contribution in [0.4, 0.5) is 4.79 Å². The monoisotopic (exact) mass is 302 g/mol. The number of likely N-dealkylation sites (tertiary alicyclic amines) is 1. The smallest absolute Gasteiger partial charge is 0.332 e. The largest absolute Gasteiger partial charge is 0.479 e. The summed E-state index contributed by atoms with van der Waals surface area (Å²) in [6, 6.07) is -1.03. The molecular weight excluding hydrogens is 280 g/mol. The van der Waals surface area contributed by atoms with Gasteiger partial charge in [-0.25, -0.2) is 14.4 Å². The lowest BCUT2D eigenvalue weighted by molar-refractivity contribution is -0.149. The van der Waals surface area contributed by atoms with Crippen LogP contribution in [-0.4, -0.2) is 64.9 Å². The third kappa shape index (κ3) is 5.22. The Kier molecular flexibility index (Phi) is 6.93. The van der Waals surface area contributed by atoms with E-state index in [4.69, 9.17) is 14.9 Å². The molecule has 0 bridgehead atoms. The average molecular weight is 302 g/mol. The molecule has 2 amide bonds. The van der Waals surface area contributed by atoms with E-state index in [0.717, 1.165) is 12.8 Å². The molecule has 2 unspecified atom stereocenters. The Bertz CT molecular complexity index is 387. The molecule has 0 radical (unpaired) electrons. The standard InChI is InChI=1S/C13H22N2O6/c1-2-21-12(19)9-5-3-4-8-15(9)13(20)14-7-6-10(16)11(17)18/h9-10,16H,2-8H2,1H3,(H,14,20)(H,17,18). The van der Waals surface area contributed by atoms with Gasteiger partial charge >= 0.3 is 18.0 Å². The normalized spacial score (nSPS) is 19.7. The molecule has 1 saturated heterocycles. The molecule has 0 aromatic carbocycles. The molecule has 1 heterocycles. The van der Waals surface area contributed by atoms with Gasteiger partial charge in [-0.15, -0.1) is 0 Å². The molecule has 1 aliphatic rings. The fraction of sp³-hybridized carbons (Fsp3) is 0.769. The predicted octanol–water partition coefficient (Wildman–Crippen LogP) is -0.0508. The summed E-state index contributed by atoms with van der Waals surface area (Å²) in [4.78, 5) is 35.7. The number of carbonyl (C=O) groups is 3. The second-order valence-corrected chi connectivity index (χ2v) is 4.83. The van der Waals surface area contributed by atoms with Gasteiger partial charge in [0.2, 0.25) is 0 Å². The van der Waals surface area contributed by atoms with Crippen LogP contribution in [0.15, 0.2) is 0 Å². The maximum atomic E-state index is 12.0. The molecule has 120 valence electrons. The number of rotatable bonds is 6. The Morgan fingerprint density at radius 1 is 1.38 bits per heavy atom. The number of carboxylic acid groups (broad SMARTS) is 1. The number of piperidine rings is 1. The lowest BCUT2D eigenvalue weighted by Crippen LogP contribution is -2.52. The van der Waals surface area contributed by atoms with E-state index < -0.39 is 30.1 Å². The topological polar surface area (TPSA) is 116 Å². The fourth-order valence-corrected chi connectivity index (χ4v) is 2.20. The Labute approximate surface area is 123 Å². The number of hydrogen-bond donors (Lipinski definition) is 3. The molecular formula is C13H22N2O6. The first-order valence-corrected chi connectivity index (χ1v) is 7.09. The number of amides is 2. The van der Waals surface area contributed by atoms with Crippen molar-refractivity contribution in [2.24, 2.45) is 0 Å². The molecule has 0 aromatic rings. The molecule has 3 N–H and O–H groups in total. The van der Waals surface area contributed by atoms with E-state index >= 15 is 0 Å². The molecule has 1 fully saturated rings. The number of aliphatic carboxylic acids is 1. The number of hydrogen-bond acceptors (Lipinski definition) is 5. The summed E-state index contributed by atoms with van der Waals surface area (Å²) < 4.78 is 4.96. The van der Waals surface area contributed by atoms with Crippen LogP contribution in [-0.2, 0) is 14.3 Å². The lowest BCUT2D eigenvalue weighted by atomic mass is 10.0. The zero-order chi connectivity index (χ0) is 15.8. The van der Waals surface area contributed by atoms with Crippen molar-refractivity contribution in [2.45, 2.75) is 44.8 Å². The minimum absolute atomic E-state index is 0.0261. The quantitative estimate of drug-likeness (QED) is 0.592. The highest BCUT2D eigenvalue weighted by molar-refractivity contribution is 5.84. The van der Waals surface area contributed by atoms with Crippen LogP contribution in [0.1, 0.15) is 32.6 Å². The molecule has 1 aliphatic heterocycles. The van der Waals surface area contributed by atoms with Crippen molar-refractivity contribution < 1.29 is 29.3 Å². The highest BCUT2D eigenvalue weighted by atomic mass is 16.5. The van der Waals surface area contributed by atoms with E-state index in [0.29, 0.717) is 13.0 Å². The highest BCUT2D eigenvalue weighted by Gasteiger charge is 2.33. The van der Waals surface area contributed by atoms with E-state index in [1.54, 1.807) is 6.92 Å². The summed E-state index contributed by atoms with van der Waals surface area (Å²) in [5, 5.41) is 20.2. The minimum atomic E-state index is -1.51. The zero-order valence-corrected chi connectivity index (χ0v) is 12.1. The summed E-state index contributed by atoms with van der Waals surface area (Å²) in [5.41, 5.74) is 0. The summed E-state index contributed by atoms with van der Waals surface area (Å²) >= 11 is 0. The van der Waals surface area contributed by atoms with Gasteiger partial charge in [0.15, 0.2) is 6.10 Å². The van der Waals surface area contributed by atoms with Crippen molar-refractivity contribution >= 4 is 18.0 Å². The first kappa shape index (κ1) is 17.2. The van der Waals surface area contributed by atoms with E-state index in [1.165, 1.54) is 4.90 Å². The number of esters is 1.